The molecule has 1 aliphatic rings. The lowest BCUT2D eigenvalue weighted by molar-refractivity contribution is -0.149. The van der Waals surface area contributed by atoms with Crippen LogP contribution in [0.5, 0.6) is 5.75 Å². The van der Waals surface area contributed by atoms with E-state index in [1.54, 1.807) is 7.11 Å². The second-order valence-corrected chi connectivity index (χ2v) is 4.27. The molecule has 98 valence electrons. The molecule has 0 aromatic heterocycles. The molecule has 2 atom stereocenters. The van der Waals surface area contributed by atoms with Crippen LogP contribution < -0.4 is 10.1 Å². The van der Waals surface area contributed by atoms with Gasteiger partial charge in [0.15, 0.2) is 6.10 Å². The highest BCUT2D eigenvalue weighted by Gasteiger charge is 2.30. The summed E-state index contributed by atoms with van der Waals surface area (Å²) in [6, 6.07) is 7.58. The molecule has 1 aliphatic heterocycles. The van der Waals surface area contributed by atoms with Crippen LogP contribution in [-0.4, -0.2) is 36.9 Å². The van der Waals surface area contributed by atoms with Crippen molar-refractivity contribution < 1.29 is 19.4 Å². The first-order chi connectivity index (χ1) is 8.69. The Hall–Kier alpha value is -1.75. The average Bonchev–Trinajstić information content (AvgIpc) is 2.86. The van der Waals surface area contributed by atoms with Gasteiger partial charge in [0.25, 0.3) is 0 Å². The van der Waals surface area contributed by atoms with Crippen LogP contribution in [0, 0.1) is 0 Å². The SMILES string of the molecule is COc1ccc(NCC2CCC(C(=O)O)O2)cc1. The molecule has 1 aromatic rings. The van der Waals surface area contributed by atoms with E-state index in [4.69, 9.17) is 14.6 Å². The summed E-state index contributed by atoms with van der Waals surface area (Å²) < 4.78 is 10.5. The van der Waals surface area contributed by atoms with Gasteiger partial charge in [-0.25, -0.2) is 4.79 Å². The molecule has 18 heavy (non-hydrogen) atoms. The zero-order valence-corrected chi connectivity index (χ0v) is 10.3. The van der Waals surface area contributed by atoms with Gasteiger partial charge in [-0.1, -0.05) is 0 Å². The number of benzene rings is 1. The Morgan fingerprint density at radius 2 is 2.17 bits per heavy atom. The Kier molecular flexibility index (Phi) is 4.04. The normalized spacial score (nSPS) is 22.7. The number of aliphatic carboxylic acids is 1. The van der Waals surface area contributed by atoms with Gasteiger partial charge < -0.3 is 19.9 Å². The van der Waals surface area contributed by atoms with Crippen molar-refractivity contribution in [1.82, 2.24) is 0 Å². The minimum Gasteiger partial charge on any atom is -0.497 e. The monoisotopic (exact) mass is 251 g/mol. The smallest absolute Gasteiger partial charge is 0.332 e. The molecule has 5 heteroatoms. The number of carboxylic acids is 1. The molecule has 2 rings (SSSR count). The second-order valence-electron chi connectivity index (χ2n) is 4.27. The fourth-order valence-electron chi connectivity index (χ4n) is 1.98. The largest absolute Gasteiger partial charge is 0.497 e. The van der Waals surface area contributed by atoms with E-state index < -0.39 is 12.1 Å². The molecule has 1 aromatic carbocycles. The van der Waals surface area contributed by atoms with Gasteiger partial charge in [-0.3, -0.25) is 0 Å². The maximum absolute atomic E-state index is 10.7. The summed E-state index contributed by atoms with van der Waals surface area (Å²) in [7, 11) is 1.63. The van der Waals surface area contributed by atoms with E-state index in [2.05, 4.69) is 5.32 Å². The van der Waals surface area contributed by atoms with Crippen LogP contribution in [0.4, 0.5) is 5.69 Å². The second kappa shape index (κ2) is 5.73. The molecule has 0 spiro atoms. The van der Waals surface area contributed by atoms with Crippen LogP contribution >= 0.6 is 0 Å². The maximum Gasteiger partial charge on any atom is 0.332 e. The molecule has 1 heterocycles. The third-order valence-electron chi connectivity index (χ3n) is 3.01. The van der Waals surface area contributed by atoms with Crippen molar-refractivity contribution in [3.8, 4) is 5.75 Å². The summed E-state index contributed by atoms with van der Waals surface area (Å²) in [5, 5.41) is 12.0. The molecule has 1 fully saturated rings. The van der Waals surface area contributed by atoms with Crippen molar-refractivity contribution in [2.24, 2.45) is 0 Å². The van der Waals surface area contributed by atoms with Crippen LogP contribution in [0.2, 0.25) is 0 Å². The number of hydrogen-bond donors (Lipinski definition) is 2. The first-order valence-electron chi connectivity index (χ1n) is 5.95. The molecule has 0 aliphatic carbocycles. The summed E-state index contributed by atoms with van der Waals surface area (Å²) in [5.41, 5.74) is 0.971. The Bertz CT molecular complexity index is 404. The van der Waals surface area contributed by atoms with E-state index in [1.807, 2.05) is 24.3 Å². The number of carbonyl (C=O) groups is 1. The van der Waals surface area contributed by atoms with Crippen LogP contribution in [0.1, 0.15) is 12.8 Å². The number of ether oxygens (including phenoxy) is 2. The quantitative estimate of drug-likeness (QED) is 0.834. The molecular formula is C13H17NO4. The van der Waals surface area contributed by atoms with Crippen LogP contribution in [0.25, 0.3) is 0 Å². The molecule has 0 radical (unpaired) electrons. The molecule has 0 bridgehead atoms. The van der Waals surface area contributed by atoms with Crippen LogP contribution in [0.3, 0.4) is 0 Å². The van der Waals surface area contributed by atoms with Crippen molar-refractivity contribution in [3.63, 3.8) is 0 Å². The zero-order chi connectivity index (χ0) is 13.0. The van der Waals surface area contributed by atoms with Gasteiger partial charge in [0.2, 0.25) is 0 Å². The number of rotatable bonds is 5. The summed E-state index contributed by atoms with van der Waals surface area (Å²) in [6.45, 7) is 0.621. The van der Waals surface area contributed by atoms with E-state index in [9.17, 15) is 4.79 Å². The van der Waals surface area contributed by atoms with Crippen molar-refractivity contribution in [2.45, 2.75) is 25.0 Å². The number of hydrogen-bond acceptors (Lipinski definition) is 4. The van der Waals surface area contributed by atoms with Gasteiger partial charge in [-0.05, 0) is 37.1 Å². The van der Waals surface area contributed by atoms with Gasteiger partial charge in [0.05, 0.1) is 13.2 Å². The number of carboxylic acid groups (broad SMARTS) is 1. The molecule has 0 amide bonds. The van der Waals surface area contributed by atoms with E-state index in [-0.39, 0.29) is 6.10 Å². The Morgan fingerprint density at radius 1 is 1.44 bits per heavy atom. The molecule has 2 N–H and O–H groups in total. The van der Waals surface area contributed by atoms with Crippen molar-refractivity contribution >= 4 is 11.7 Å². The highest BCUT2D eigenvalue weighted by Crippen LogP contribution is 2.21. The predicted octanol–water partition coefficient (Wildman–Crippen LogP) is 1.74. The minimum absolute atomic E-state index is 0.0341. The topological polar surface area (TPSA) is 67.8 Å². The standard InChI is InChI=1S/C13H17NO4/c1-17-10-4-2-9(3-5-10)14-8-11-6-7-12(18-11)13(15)16/h2-5,11-12,14H,6-8H2,1H3,(H,15,16). The van der Waals surface area contributed by atoms with Gasteiger partial charge in [-0.2, -0.15) is 0 Å². The van der Waals surface area contributed by atoms with Gasteiger partial charge in [-0.15, -0.1) is 0 Å². The summed E-state index contributed by atoms with van der Waals surface area (Å²) >= 11 is 0. The van der Waals surface area contributed by atoms with Crippen LogP contribution in [0.15, 0.2) is 24.3 Å². The Balaban J connectivity index is 1.79. The fourth-order valence-corrected chi connectivity index (χ4v) is 1.98. The van der Waals surface area contributed by atoms with E-state index in [0.29, 0.717) is 13.0 Å². The van der Waals surface area contributed by atoms with Crippen molar-refractivity contribution in [1.29, 1.82) is 0 Å². The first-order valence-corrected chi connectivity index (χ1v) is 5.95. The highest BCUT2D eigenvalue weighted by molar-refractivity contribution is 5.72. The van der Waals surface area contributed by atoms with Crippen LogP contribution in [-0.2, 0) is 9.53 Å². The molecule has 2 unspecified atom stereocenters. The maximum atomic E-state index is 10.7. The van der Waals surface area contributed by atoms with E-state index in [0.717, 1.165) is 17.9 Å². The molecular weight excluding hydrogens is 234 g/mol. The third kappa shape index (κ3) is 3.13. The summed E-state index contributed by atoms with van der Waals surface area (Å²) in [4.78, 5) is 10.7. The van der Waals surface area contributed by atoms with Crippen molar-refractivity contribution in [2.75, 3.05) is 19.0 Å². The summed E-state index contributed by atoms with van der Waals surface area (Å²) in [5.74, 6) is -0.0643. The molecule has 1 saturated heterocycles. The fraction of sp³-hybridized carbons (Fsp3) is 0.462. The van der Waals surface area contributed by atoms with E-state index in [1.165, 1.54) is 0 Å². The number of nitrogens with one attached hydrogen (secondary N) is 1. The lowest BCUT2D eigenvalue weighted by atomic mass is 10.2. The van der Waals surface area contributed by atoms with Gasteiger partial charge >= 0.3 is 5.97 Å². The van der Waals surface area contributed by atoms with E-state index >= 15 is 0 Å². The lowest BCUT2D eigenvalue weighted by Gasteiger charge is -2.13. The molecule has 5 nitrogen and oxygen atoms in total. The first kappa shape index (κ1) is 12.7. The average molecular weight is 251 g/mol. The third-order valence-corrected chi connectivity index (χ3v) is 3.01. The summed E-state index contributed by atoms with van der Waals surface area (Å²) in [6.07, 6.45) is 0.686. The number of methoxy groups -OCH3 is 1. The van der Waals surface area contributed by atoms with Gasteiger partial charge in [0.1, 0.15) is 5.75 Å². The van der Waals surface area contributed by atoms with Crippen molar-refractivity contribution in [3.05, 3.63) is 24.3 Å². The minimum atomic E-state index is -0.873. The molecule has 0 saturated carbocycles. The zero-order valence-electron chi connectivity index (χ0n) is 10.3. The number of anilines is 1. The Morgan fingerprint density at radius 3 is 2.72 bits per heavy atom. The van der Waals surface area contributed by atoms with Gasteiger partial charge in [0, 0.05) is 12.2 Å². The highest BCUT2D eigenvalue weighted by atomic mass is 16.5. The lowest BCUT2D eigenvalue weighted by Crippen LogP contribution is -2.24. The Labute approximate surface area is 106 Å². The predicted molar refractivity (Wildman–Crippen MR) is 67.0 cm³/mol.